The molecule has 0 aromatic carbocycles. The number of rotatable bonds is 6. The van der Waals surface area contributed by atoms with Gasteiger partial charge in [0.1, 0.15) is 6.04 Å². The number of amides is 2. The Balaban J connectivity index is 1.22. The van der Waals surface area contributed by atoms with E-state index in [-0.39, 0.29) is 28.9 Å². The summed E-state index contributed by atoms with van der Waals surface area (Å²) in [6.07, 6.45) is 10.9. The molecule has 2 saturated heterocycles. The van der Waals surface area contributed by atoms with Gasteiger partial charge in [0.2, 0.25) is 11.8 Å². The minimum absolute atomic E-state index is 0.00526. The van der Waals surface area contributed by atoms with E-state index in [0.717, 1.165) is 70.9 Å². The zero-order chi connectivity index (χ0) is 20.8. The summed E-state index contributed by atoms with van der Waals surface area (Å²) in [5.74, 6) is 1.68. The van der Waals surface area contributed by atoms with Crippen LogP contribution in [0, 0.1) is 23.2 Å². The molecule has 2 heterocycles. The molecule has 6 aliphatic rings. The van der Waals surface area contributed by atoms with Gasteiger partial charge in [-0.25, -0.2) is 0 Å². The fourth-order valence-corrected chi connectivity index (χ4v) is 7.58. The van der Waals surface area contributed by atoms with Gasteiger partial charge in [0.05, 0.1) is 19.2 Å². The largest absolute Gasteiger partial charge is 0.342 e. The van der Waals surface area contributed by atoms with E-state index in [0.29, 0.717) is 31.5 Å². The van der Waals surface area contributed by atoms with E-state index in [1.165, 1.54) is 6.42 Å². The van der Waals surface area contributed by atoms with Crippen LogP contribution in [0.25, 0.3) is 0 Å². The molecule has 4 bridgehead atoms. The van der Waals surface area contributed by atoms with E-state index in [4.69, 9.17) is 0 Å². The molecule has 0 radical (unpaired) electrons. The Labute approximate surface area is 179 Å². The lowest BCUT2D eigenvalue weighted by Crippen LogP contribution is -2.69. The molecule has 7 heteroatoms. The summed E-state index contributed by atoms with van der Waals surface area (Å²) in [7, 11) is 0. The van der Waals surface area contributed by atoms with Gasteiger partial charge in [-0.15, -0.1) is 0 Å². The van der Waals surface area contributed by atoms with Crippen LogP contribution in [0.1, 0.15) is 64.2 Å². The van der Waals surface area contributed by atoms with Crippen LogP contribution in [-0.2, 0) is 9.59 Å². The Morgan fingerprint density at radius 2 is 1.50 bits per heavy atom. The van der Waals surface area contributed by atoms with Crippen molar-refractivity contribution in [1.29, 1.82) is 5.26 Å². The number of hydrogen-bond acceptors (Lipinski definition) is 5. The van der Waals surface area contributed by atoms with Gasteiger partial charge in [-0.2, -0.15) is 5.26 Å². The molecule has 6 fully saturated rings. The first-order valence-corrected chi connectivity index (χ1v) is 12.0. The highest BCUT2D eigenvalue weighted by atomic mass is 16.2. The first-order valence-electron chi connectivity index (χ1n) is 12.0. The SMILES string of the molecule is N#C[C@@H]1CCCN1C(=O)CNC12CC3CC(CC(NCC(=O)N4CCCC4)(C3)C1)C2. The number of nitrogens with one attached hydrogen (secondary N) is 2. The molecule has 30 heavy (non-hydrogen) atoms. The van der Waals surface area contributed by atoms with Gasteiger partial charge in [0.15, 0.2) is 0 Å². The van der Waals surface area contributed by atoms with Crippen molar-refractivity contribution >= 4 is 11.8 Å². The van der Waals surface area contributed by atoms with Gasteiger partial charge in [-0.3, -0.25) is 9.59 Å². The predicted molar refractivity (Wildman–Crippen MR) is 112 cm³/mol. The molecule has 4 saturated carbocycles. The highest BCUT2D eigenvalue weighted by molar-refractivity contribution is 5.79. The molecule has 6 rings (SSSR count). The molecule has 164 valence electrons. The van der Waals surface area contributed by atoms with Crippen LogP contribution in [-0.4, -0.2) is 71.5 Å². The van der Waals surface area contributed by atoms with Crippen molar-refractivity contribution in [2.75, 3.05) is 32.7 Å². The summed E-state index contributed by atoms with van der Waals surface area (Å²) in [6, 6.07) is 2.03. The molecule has 2 N–H and O–H groups in total. The van der Waals surface area contributed by atoms with Crippen molar-refractivity contribution in [3.8, 4) is 6.07 Å². The van der Waals surface area contributed by atoms with Crippen molar-refractivity contribution in [3.63, 3.8) is 0 Å². The van der Waals surface area contributed by atoms with Crippen LogP contribution in [0.2, 0.25) is 0 Å². The number of likely N-dealkylation sites (tertiary alicyclic amines) is 2. The van der Waals surface area contributed by atoms with Gasteiger partial charge < -0.3 is 20.4 Å². The van der Waals surface area contributed by atoms with Crippen molar-refractivity contribution in [2.24, 2.45) is 11.8 Å². The van der Waals surface area contributed by atoms with Crippen molar-refractivity contribution in [2.45, 2.75) is 81.3 Å². The monoisotopic (exact) mass is 413 g/mol. The third-order valence-electron chi connectivity index (χ3n) is 8.47. The molecule has 2 amide bonds. The lowest BCUT2D eigenvalue weighted by molar-refractivity contribution is -0.132. The van der Waals surface area contributed by atoms with Crippen LogP contribution in [0.3, 0.4) is 0 Å². The molecule has 2 unspecified atom stereocenters. The fraction of sp³-hybridized carbons (Fsp3) is 0.870. The van der Waals surface area contributed by atoms with E-state index in [2.05, 4.69) is 16.7 Å². The second-order valence-corrected chi connectivity index (χ2v) is 10.7. The summed E-state index contributed by atoms with van der Waals surface area (Å²) in [5, 5.41) is 16.7. The lowest BCUT2D eigenvalue weighted by atomic mass is 9.50. The van der Waals surface area contributed by atoms with E-state index >= 15 is 0 Å². The van der Waals surface area contributed by atoms with Gasteiger partial charge in [0.25, 0.3) is 0 Å². The Morgan fingerprint density at radius 1 is 0.900 bits per heavy atom. The third kappa shape index (κ3) is 3.73. The highest BCUT2D eigenvalue weighted by Crippen LogP contribution is 2.57. The second kappa shape index (κ2) is 7.80. The van der Waals surface area contributed by atoms with Crippen LogP contribution >= 0.6 is 0 Å². The summed E-state index contributed by atoms with van der Waals surface area (Å²) >= 11 is 0. The van der Waals surface area contributed by atoms with Gasteiger partial charge in [-0.05, 0) is 76.0 Å². The summed E-state index contributed by atoms with van der Waals surface area (Å²) in [4.78, 5) is 29.2. The van der Waals surface area contributed by atoms with Crippen molar-refractivity contribution < 1.29 is 9.59 Å². The molecular formula is C23H35N5O2. The first kappa shape index (κ1) is 20.3. The van der Waals surface area contributed by atoms with Crippen molar-refractivity contribution in [1.82, 2.24) is 20.4 Å². The average molecular weight is 414 g/mol. The maximum atomic E-state index is 12.8. The zero-order valence-corrected chi connectivity index (χ0v) is 18.0. The summed E-state index contributed by atoms with van der Waals surface area (Å²) < 4.78 is 0. The summed E-state index contributed by atoms with van der Waals surface area (Å²) in [6.45, 7) is 3.31. The standard InChI is InChI=1S/C23H35N5O2/c24-13-19-4-3-7-28(19)21(30)15-26-23-11-17-8-18(12-23)10-22(9-17,16-23)25-14-20(29)27-5-1-2-6-27/h17-19,25-26H,1-12,14-16H2/t17?,18?,19-,22?,23?/m0/s1. The highest BCUT2D eigenvalue weighted by Gasteiger charge is 2.57. The van der Waals surface area contributed by atoms with E-state index < -0.39 is 0 Å². The number of nitriles is 1. The Hall–Kier alpha value is -1.65. The molecule has 0 aromatic heterocycles. The molecule has 3 atom stereocenters. The van der Waals surface area contributed by atoms with E-state index in [1.54, 1.807) is 4.90 Å². The van der Waals surface area contributed by atoms with Crippen molar-refractivity contribution in [3.05, 3.63) is 0 Å². The van der Waals surface area contributed by atoms with Gasteiger partial charge >= 0.3 is 0 Å². The molecule has 0 aromatic rings. The maximum absolute atomic E-state index is 12.8. The molecule has 2 aliphatic heterocycles. The topological polar surface area (TPSA) is 88.5 Å². The minimum atomic E-state index is -0.250. The number of nitrogens with zero attached hydrogens (tertiary/aromatic N) is 3. The molecule has 7 nitrogen and oxygen atoms in total. The minimum Gasteiger partial charge on any atom is -0.342 e. The maximum Gasteiger partial charge on any atom is 0.237 e. The summed E-state index contributed by atoms with van der Waals surface area (Å²) in [5.41, 5.74) is 0.0453. The molecule has 4 aliphatic carbocycles. The third-order valence-corrected chi connectivity index (χ3v) is 8.47. The number of carbonyl (C=O) groups is 2. The number of carbonyl (C=O) groups excluding carboxylic acids is 2. The Kier molecular flexibility index (Phi) is 5.27. The van der Waals surface area contributed by atoms with Gasteiger partial charge in [0, 0.05) is 30.7 Å². The first-order chi connectivity index (χ1) is 14.5. The Bertz CT molecular complexity index is 726. The van der Waals surface area contributed by atoms with Crippen LogP contribution in [0.4, 0.5) is 0 Å². The number of hydrogen-bond donors (Lipinski definition) is 2. The fourth-order valence-electron chi connectivity index (χ4n) is 7.58. The quantitative estimate of drug-likeness (QED) is 0.687. The normalized spacial score (nSPS) is 39.5. The van der Waals surface area contributed by atoms with E-state index in [9.17, 15) is 14.9 Å². The predicted octanol–water partition coefficient (Wildman–Crippen LogP) is 1.39. The lowest BCUT2D eigenvalue weighted by Gasteiger charge is -2.62. The molecular weight excluding hydrogens is 378 g/mol. The average Bonchev–Trinajstić information content (AvgIpc) is 3.41. The smallest absolute Gasteiger partial charge is 0.237 e. The van der Waals surface area contributed by atoms with Crippen LogP contribution in [0.15, 0.2) is 0 Å². The van der Waals surface area contributed by atoms with Crippen LogP contribution < -0.4 is 10.6 Å². The second-order valence-electron chi connectivity index (χ2n) is 10.7. The van der Waals surface area contributed by atoms with Crippen LogP contribution in [0.5, 0.6) is 0 Å². The van der Waals surface area contributed by atoms with E-state index in [1.807, 2.05) is 4.90 Å². The van der Waals surface area contributed by atoms with Gasteiger partial charge in [-0.1, -0.05) is 0 Å². The molecule has 0 spiro atoms. The zero-order valence-electron chi connectivity index (χ0n) is 18.0. The Morgan fingerprint density at radius 3 is 2.10 bits per heavy atom.